The van der Waals surface area contributed by atoms with Crippen LogP contribution in [-0.4, -0.2) is 30.6 Å². The molecule has 0 fully saturated rings. The second-order valence-corrected chi connectivity index (χ2v) is 4.20. The fourth-order valence-corrected chi connectivity index (χ4v) is 1.95. The lowest BCUT2D eigenvalue weighted by Crippen LogP contribution is -2.24. The molecule has 1 aromatic heterocycles. The third-order valence-electron chi connectivity index (χ3n) is 2.01. The summed E-state index contributed by atoms with van der Waals surface area (Å²) in [6, 6.07) is 1.64. The van der Waals surface area contributed by atoms with Gasteiger partial charge in [0.1, 0.15) is 0 Å². The maximum absolute atomic E-state index is 10.9. The third kappa shape index (κ3) is 4.00. The van der Waals surface area contributed by atoms with Gasteiger partial charge >= 0.3 is 5.97 Å². The fourth-order valence-electron chi connectivity index (χ4n) is 1.12. The molecule has 0 aliphatic carbocycles. The van der Waals surface area contributed by atoms with Gasteiger partial charge in [-0.2, -0.15) is 0 Å². The Morgan fingerprint density at radius 2 is 2.25 bits per heavy atom. The molecule has 0 unspecified atom stereocenters. The normalized spacial score (nSPS) is 10.1. The Hall–Kier alpha value is -1.40. The van der Waals surface area contributed by atoms with Crippen molar-refractivity contribution in [3.63, 3.8) is 0 Å². The molecule has 0 atom stereocenters. The van der Waals surface area contributed by atoms with E-state index in [1.54, 1.807) is 18.5 Å². The Kier molecular flexibility index (Phi) is 4.94. The van der Waals surface area contributed by atoms with E-state index in [0.717, 1.165) is 4.88 Å². The second kappa shape index (κ2) is 6.24. The Morgan fingerprint density at radius 1 is 1.50 bits per heavy atom. The van der Waals surface area contributed by atoms with E-state index >= 15 is 0 Å². The van der Waals surface area contributed by atoms with Gasteiger partial charge < -0.3 is 15.7 Å². The lowest BCUT2D eigenvalue weighted by Gasteiger charge is -2.01. The first-order valence-electron chi connectivity index (χ1n) is 4.85. The quantitative estimate of drug-likeness (QED) is 0.641. The number of carbonyl (C=O) groups excluding carboxylic acids is 1. The van der Waals surface area contributed by atoms with Gasteiger partial charge in [-0.15, -0.1) is 11.3 Å². The van der Waals surface area contributed by atoms with E-state index in [4.69, 9.17) is 5.11 Å². The number of carboxylic acid groups (broad SMARTS) is 1. The number of hydrogen-bond acceptors (Lipinski definition) is 4. The maximum atomic E-state index is 10.9. The van der Waals surface area contributed by atoms with Crippen LogP contribution < -0.4 is 10.6 Å². The van der Waals surface area contributed by atoms with Gasteiger partial charge in [-0.1, -0.05) is 0 Å². The van der Waals surface area contributed by atoms with Crippen LogP contribution in [0.3, 0.4) is 0 Å². The van der Waals surface area contributed by atoms with Gasteiger partial charge in [0.15, 0.2) is 0 Å². The van der Waals surface area contributed by atoms with E-state index in [9.17, 15) is 9.59 Å². The largest absolute Gasteiger partial charge is 0.478 e. The molecule has 0 aliphatic rings. The van der Waals surface area contributed by atoms with Crippen LogP contribution in [0.25, 0.3) is 0 Å². The van der Waals surface area contributed by atoms with Gasteiger partial charge in [0.25, 0.3) is 0 Å². The summed E-state index contributed by atoms with van der Waals surface area (Å²) in [6.07, 6.45) is 0.424. The van der Waals surface area contributed by atoms with Crippen molar-refractivity contribution in [1.82, 2.24) is 10.6 Å². The molecule has 0 bridgehead atoms. The third-order valence-corrected chi connectivity index (χ3v) is 2.94. The zero-order valence-electron chi connectivity index (χ0n) is 8.95. The van der Waals surface area contributed by atoms with E-state index in [1.807, 2.05) is 0 Å². The van der Waals surface area contributed by atoms with Gasteiger partial charge in [0.05, 0.1) is 5.56 Å². The van der Waals surface area contributed by atoms with Crippen LogP contribution in [0.4, 0.5) is 0 Å². The molecule has 1 aromatic rings. The standard InChI is InChI=1S/C10H14N2O3S/c1-11-9(13)2-3-12-5-8-4-7(6-16-8)10(14)15/h4,6,12H,2-3,5H2,1H3,(H,11,13)(H,14,15). The monoisotopic (exact) mass is 242 g/mol. The highest BCUT2D eigenvalue weighted by Gasteiger charge is 2.06. The molecule has 1 rings (SSSR count). The maximum Gasteiger partial charge on any atom is 0.336 e. The number of aromatic carboxylic acids is 1. The van der Waals surface area contributed by atoms with Gasteiger partial charge in [0, 0.05) is 36.8 Å². The number of hydrogen-bond donors (Lipinski definition) is 3. The summed E-state index contributed by atoms with van der Waals surface area (Å²) in [5.41, 5.74) is 0.313. The van der Waals surface area contributed by atoms with Crippen LogP contribution in [0.1, 0.15) is 21.7 Å². The minimum absolute atomic E-state index is 0.00935. The molecule has 0 saturated heterocycles. The van der Waals surface area contributed by atoms with Crippen LogP contribution in [0.2, 0.25) is 0 Å². The minimum atomic E-state index is -0.909. The van der Waals surface area contributed by atoms with Crippen LogP contribution in [-0.2, 0) is 11.3 Å². The molecular formula is C10H14N2O3S. The lowest BCUT2D eigenvalue weighted by molar-refractivity contribution is -0.120. The summed E-state index contributed by atoms with van der Waals surface area (Å²) in [4.78, 5) is 22.4. The van der Waals surface area contributed by atoms with Gasteiger partial charge in [-0.3, -0.25) is 4.79 Å². The van der Waals surface area contributed by atoms with Crippen LogP contribution in [0.5, 0.6) is 0 Å². The average molecular weight is 242 g/mol. The van der Waals surface area contributed by atoms with Crippen molar-refractivity contribution in [2.45, 2.75) is 13.0 Å². The molecule has 16 heavy (non-hydrogen) atoms. The molecular weight excluding hydrogens is 228 g/mol. The molecule has 1 amide bonds. The van der Waals surface area contributed by atoms with E-state index in [-0.39, 0.29) is 5.91 Å². The number of rotatable bonds is 6. The van der Waals surface area contributed by atoms with Gasteiger partial charge in [0.2, 0.25) is 5.91 Å². The van der Waals surface area contributed by atoms with Gasteiger partial charge in [-0.25, -0.2) is 4.79 Å². The van der Waals surface area contributed by atoms with Crippen molar-refractivity contribution in [3.05, 3.63) is 21.9 Å². The van der Waals surface area contributed by atoms with Crippen molar-refractivity contribution in [3.8, 4) is 0 Å². The Labute approximate surface area is 97.5 Å². The molecule has 1 heterocycles. The first-order valence-corrected chi connectivity index (χ1v) is 5.73. The summed E-state index contributed by atoms with van der Waals surface area (Å²) >= 11 is 1.40. The molecule has 0 saturated carbocycles. The smallest absolute Gasteiger partial charge is 0.336 e. The van der Waals surface area contributed by atoms with Crippen molar-refractivity contribution in [2.24, 2.45) is 0 Å². The topological polar surface area (TPSA) is 78.4 Å². The molecule has 0 aromatic carbocycles. The van der Waals surface area contributed by atoms with E-state index in [1.165, 1.54) is 11.3 Å². The predicted octanol–water partition coefficient (Wildman–Crippen LogP) is 0.672. The zero-order valence-corrected chi connectivity index (χ0v) is 9.76. The number of carbonyl (C=O) groups is 2. The van der Waals surface area contributed by atoms with E-state index in [0.29, 0.717) is 25.1 Å². The molecule has 88 valence electrons. The zero-order chi connectivity index (χ0) is 12.0. The van der Waals surface area contributed by atoms with Crippen molar-refractivity contribution in [1.29, 1.82) is 0 Å². The molecule has 3 N–H and O–H groups in total. The minimum Gasteiger partial charge on any atom is -0.478 e. The Morgan fingerprint density at radius 3 is 2.81 bits per heavy atom. The van der Waals surface area contributed by atoms with Crippen LogP contribution >= 0.6 is 11.3 Å². The van der Waals surface area contributed by atoms with Crippen LogP contribution in [0.15, 0.2) is 11.4 Å². The Bertz CT molecular complexity index is 376. The molecule has 0 aliphatic heterocycles. The Balaban J connectivity index is 2.27. The number of amides is 1. The number of nitrogens with one attached hydrogen (secondary N) is 2. The summed E-state index contributed by atoms with van der Waals surface area (Å²) < 4.78 is 0. The summed E-state index contributed by atoms with van der Waals surface area (Å²) in [5, 5.41) is 15.9. The lowest BCUT2D eigenvalue weighted by atomic mass is 10.3. The van der Waals surface area contributed by atoms with Crippen molar-refractivity contribution < 1.29 is 14.7 Å². The van der Waals surface area contributed by atoms with E-state index < -0.39 is 5.97 Å². The number of carboxylic acids is 1. The molecule has 5 nitrogen and oxygen atoms in total. The molecule has 0 radical (unpaired) electrons. The highest BCUT2D eigenvalue weighted by atomic mass is 32.1. The second-order valence-electron chi connectivity index (χ2n) is 3.21. The predicted molar refractivity (Wildman–Crippen MR) is 61.7 cm³/mol. The highest BCUT2D eigenvalue weighted by molar-refractivity contribution is 7.10. The average Bonchev–Trinajstić information content (AvgIpc) is 2.72. The van der Waals surface area contributed by atoms with Crippen molar-refractivity contribution in [2.75, 3.05) is 13.6 Å². The highest BCUT2D eigenvalue weighted by Crippen LogP contribution is 2.14. The SMILES string of the molecule is CNC(=O)CCNCc1cc(C(=O)O)cs1. The first-order chi connectivity index (χ1) is 7.63. The summed E-state index contributed by atoms with van der Waals surface area (Å²) in [7, 11) is 1.60. The van der Waals surface area contributed by atoms with Crippen molar-refractivity contribution >= 4 is 23.2 Å². The molecule has 6 heteroatoms. The first kappa shape index (κ1) is 12.7. The number of thiophene rings is 1. The summed E-state index contributed by atoms with van der Waals surface area (Å²) in [5.74, 6) is -0.919. The molecule has 0 spiro atoms. The van der Waals surface area contributed by atoms with Crippen LogP contribution in [0, 0.1) is 0 Å². The van der Waals surface area contributed by atoms with Gasteiger partial charge in [-0.05, 0) is 6.07 Å². The summed E-state index contributed by atoms with van der Waals surface area (Å²) in [6.45, 7) is 1.18. The van der Waals surface area contributed by atoms with E-state index in [2.05, 4.69) is 10.6 Å². The fraction of sp³-hybridized carbons (Fsp3) is 0.400.